The Kier molecular flexibility index (Phi) is 4.59. The lowest BCUT2D eigenvalue weighted by Crippen LogP contribution is -2.33. The van der Waals surface area contributed by atoms with Gasteiger partial charge in [-0.1, -0.05) is 13.3 Å². The van der Waals surface area contributed by atoms with Gasteiger partial charge in [0.1, 0.15) is 18.9 Å². The van der Waals surface area contributed by atoms with Crippen molar-refractivity contribution in [2.75, 3.05) is 0 Å². The molecule has 0 aliphatic rings. The first-order valence-electron chi connectivity index (χ1n) is 6.50. The van der Waals surface area contributed by atoms with Gasteiger partial charge in [-0.25, -0.2) is 31.1 Å². The van der Waals surface area contributed by atoms with Gasteiger partial charge in [0.05, 0.1) is 12.1 Å². The lowest BCUT2D eigenvalue weighted by molar-refractivity contribution is -0.688. The first-order valence-corrected chi connectivity index (χ1v) is 6.50. The van der Waals surface area contributed by atoms with E-state index in [1.54, 1.807) is 17.1 Å². The van der Waals surface area contributed by atoms with E-state index in [-0.39, 0.29) is 0 Å². The number of halogens is 5. The average molecular weight is 305 g/mol. The summed E-state index contributed by atoms with van der Waals surface area (Å²) in [6.07, 6.45) is 6.68. The van der Waals surface area contributed by atoms with Gasteiger partial charge in [0.15, 0.2) is 23.3 Å². The Morgan fingerprint density at radius 2 is 1.52 bits per heavy atom. The van der Waals surface area contributed by atoms with Crippen LogP contribution in [0.2, 0.25) is 0 Å². The molecular weight excluding hydrogens is 291 g/mol. The Labute approximate surface area is 118 Å². The van der Waals surface area contributed by atoms with E-state index in [0.29, 0.717) is 0 Å². The van der Waals surface area contributed by atoms with E-state index >= 15 is 0 Å². The summed E-state index contributed by atoms with van der Waals surface area (Å²) in [5, 5.41) is 0. The van der Waals surface area contributed by atoms with E-state index in [9.17, 15) is 22.0 Å². The van der Waals surface area contributed by atoms with Crippen molar-refractivity contribution >= 4 is 0 Å². The number of aromatic nitrogens is 2. The van der Waals surface area contributed by atoms with E-state index in [4.69, 9.17) is 0 Å². The number of aryl methyl sites for hydroxylation is 1. The second-order valence-electron chi connectivity index (χ2n) is 4.73. The maximum Gasteiger partial charge on any atom is 0.244 e. The molecule has 0 saturated carbocycles. The molecule has 7 heteroatoms. The zero-order valence-corrected chi connectivity index (χ0v) is 11.3. The molecule has 0 N–H and O–H groups in total. The van der Waals surface area contributed by atoms with Crippen LogP contribution in [0.4, 0.5) is 22.0 Å². The lowest BCUT2D eigenvalue weighted by Gasteiger charge is -2.06. The standard InChI is InChI=1S/C14H14F5N2/c1-2-3-4-20-5-6-21(8-20)7-9-10(15)12(17)14(19)13(18)11(9)16/h5-6,8H,2-4,7H2,1H3/q+1. The van der Waals surface area contributed by atoms with Crippen LogP contribution in [0.5, 0.6) is 0 Å². The molecule has 2 aromatic rings. The van der Waals surface area contributed by atoms with Crippen molar-refractivity contribution in [1.29, 1.82) is 0 Å². The number of rotatable bonds is 5. The van der Waals surface area contributed by atoms with Crippen LogP contribution in [0.25, 0.3) is 0 Å². The predicted octanol–water partition coefficient (Wildman–Crippen LogP) is 3.32. The van der Waals surface area contributed by atoms with Gasteiger partial charge in [0.25, 0.3) is 0 Å². The number of benzene rings is 1. The molecule has 1 aromatic heterocycles. The number of nitrogens with zero attached hydrogens (tertiary/aromatic N) is 2. The van der Waals surface area contributed by atoms with E-state index in [0.717, 1.165) is 19.4 Å². The highest BCUT2D eigenvalue weighted by Crippen LogP contribution is 2.22. The van der Waals surface area contributed by atoms with Crippen molar-refractivity contribution in [2.45, 2.75) is 32.9 Å². The first-order chi connectivity index (χ1) is 9.95. The zero-order valence-electron chi connectivity index (χ0n) is 11.3. The molecule has 0 atom stereocenters. The van der Waals surface area contributed by atoms with Gasteiger partial charge in [-0.2, -0.15) is 0 Å². The fourth-order valence-electron chi connectivity index (χ4n) is 1.98. The van der Waals surface area contributed by atoms with Crippen LogP contribution in [0.15, 0.2) is 18.7 Å². The summed E-state index contributed by atoms with van der Waals surface area (Å²) in [5.41, 5.74) is -0.843. The molecule has 1 aromatic carbocycles. The summed E-state index contributed by atoms with van der Waals surface area (Å²) in [6, 6.07) is 0. The van der Waals surface area contributed by atoms with Crippen molar-refractivity contribution in [2.24, 2.45) is 0 Å². The second kappa shape index (κ2) is 6.24. The van der Waals surface area contributed by atoms with Gasteiger partial charge >= 0.3 is 0 Å². The maximum atomic E-state index is 13.6. The van der Waals surface area contributed by atoms with Crippen molar-refractivity contribution in [3.63, 3.8) is 0 Å². The zero-order chi connectivity index (χ0) is 15.6. The Hall–Kier alpha value is -1.92. The van der Waals surface area contributed by atoms with E-state index in [1.165, 1.54) is 10.8 Å². The van der Waals surface area contributed by atoms with Crippen LogP contribution in [0, 0.1) is 29.1 Å². The lowest BCUT2D eigenvalue weighted by atomic mass is 10.1. The molecule has 114 valence electrons. The number of imidazole rings is 1. The van der Waals surface area contributed by atoms with Gasteiger partial charge in [-0.15, -0.1) is 0 Å². The Morgan fingerprint density at radius 1 is 0.952 bits per heavy atom. The molecule has 0 aliphatic carbocycles. The molecule has 0 unspecified atom stereocenters. The molecule has 0 spiro atoms. The number of hydrogen-bond donors (Lipinski definition) is 0. The number of unbranched alkanes of at least 4 members (excludes halogenated alkanes) is 1. The summed E-state index contributed by atoms with van der Waals surface area (Å²) in [4.78, 5) is 0. The third kappa shape index (κ3) is 3.06. The average Bonchev–Trinajstić information content (AvgIpc) is 2.93. The molecule has 0 amide bonds. The van der Waals surface area contributed by atoms with Gasteiger partial charge in [-0.3, -0.25) is 0 Å². The van der Waals surface area contributed by atoms with E-state index < -0.39 is 41.2 Å². The van der Waals surface area contributed by atoms with Crippen LogP contribution in [-0.2, 0) is 13.1 Å². The monoisotopic (exact) mass is 305 g/mol. The number of hydrogen-bond acceptors (Lipinski definition) is 0. The minimum Gasteiger partial charge on any atom is -0.237 e. The van der Waals surface area contributed by atoms with Crippen LogP contribution in [0.3, 0.4) is 0 Å². The van der Waals surface area contributed by atoms with Crippen LogP contribution >= 0.6 is 0 Å². The summed E-state index contributed by atoms with van der Waals surface area (Å²) in [5.74, 6) is -9.57. The van der Waals surface area contributed by atoms with Gasteiger partial charge in [0, 0.05) is 0 Å². The highest BCUT2D eigenvalue weighted by Gasteiger charge is 2.26. The highest BCUT2D eigenvalue weighted by atomic mass is 19.2. The maximum absolute atomic E-state index is 13.6. The normalized spacial score (nSPS) is 11.1. The predicted molar refractivity (Wildman–Crippen MR) is 64.9 cm³/mol. The molecule has 2 nitrogen and oxygen atoms in total. The Morgan fingerprint density at radius 3 is 2.10 bits per heavy atom. The first kappa shape index (κ1) is 15.5. The van der Waals surface area contributed by atoms with Crippen molar-refractivity contribution in [1.82, 2.24) is 4.57 Å². The molecule has 21 heavy (non-hydrogen) atoms. The van der Waals surface area contributed by atoms with Crippen LogP contribution in [0.1, 0.15) is 25.3 Å². The van der Waals surface area contributed by atoms with E-state index in [2.05, 4.69) is 0 Å². The molecule has 0 fully saturated rings. The smallest absolute Gasteiger partial charge is 0.237 e. The topological polar surface area (TPSA) is 8.81 Å². The summed E-state index contributed by atoms with van der Waals surface area (Å²) < 4.78 is 69.4. The summed E-state index contributed by atoms with van der Waals surface area (Å²) in [6.45, 7) is 2.32. The molecule has 0 aliphatic heterocycles. The third-order valence-corrected chi connectivity index (χ3v) is 3.16. The molecule has 0 radical (unpaired) electrons. The van der Waals surface area contributed by atoms with Crippen molar-refractivity contribution in [3.05, 3.63) is 53.4 Å². The van der Waals surface area contributed by atoms with Crippen molar-refractivity contribution < 1.29 is 26.5 Å². The molecule has 0 bridgehead atoms. The fraction of sp³-hybridized carbons (Fsp3) is 0.357. The molecule has 0 saturated heterocycles. The Bertz CT molecular complexity index is 622. The molecule has 1 heterocycles. The minimum atomic E-state index is -2.14. The molecule has 2 rings (SSSR count). The molecular formula is C14H14F5N2+. The third-order valence-electron chi connectivity index (χ3n) is 3.16. The van der Waals surface area contributed by atoms with Crippen LogP contribution < -0.4 is 4.57 Å². The van der Waals surface area contributed by atoms with Crippen LogP contribution in [-0.4, -0.2) is 4.57 Å². The van der Waals surface area contributed by atoms with Crippen molar-refractivity contribution in [3.8, 4) is 0 Å². The summed E-state index contributed by atoms with van der Waals surface area (Å²) >= 11 is 0. The fourth-order valence-corrected chi connectivity index (χ4v) is 1.98. The Balaban J connectivity index is 2.29. The quantitative estimate of drug-likeness (QED) is 0.347. The minimum absolute atomic E-state index is 0.426. The van der Waals surface area contributed by atoms with Gasteiger partial charge in [0.2, 0.25) is 12.1 Å². The summed E-state index contributed by atoms with van der Waals surface area (Å²) in [7, 11) is 0. The van der Waals surface area contributed by atoms with E-state index in [1.807, 2.05) is 6.92 Å². The SMILES string of the molecule is CCCCn1cc[n+](Cc2c(F)c(F)c(F)c(F)c2F)c1. The van der Waals surface area contributed by atoms with Gasteiger partial charge in [-0.05, 0) is 6.42 Å². The largest absolute Gasteiger partial charge is 0.244 e. The highest BCUT2D eigenvalue weighted by molar-refractivity contribution is 5.23. The second-order valence-corrected chi connectivity index (χ2v) is 4.73. The van der Waals surface area contributed by atoms with Gasteiger partial charge < -0.3 is 0 Å².